The molecule has 2 atom stereocenters. The van der Waals surface area contributed by atoms with Gasteiger partial charge in [0.25, 0.3) is 0 Å². The van der Waals surface area contributed by atoms with Gasteiger partial charge in [0, 0.05) is 36.8 Å². The molecule has 1 aromatic heterocycles. The molecule has 1 heterocycles. The predicted octanol–water partition coefficient (Wildman–Crippen LogP) is 2.30. The zero-order chi connectivity index (χ0) is 31.7. The number of amidine groups is 1. The number of carbonyl (C=O) groups is 4. The van der Waals surface area contributed by atoms with Crippen molar-refractivity contribution in [1.29, 1.82) is 5.41 Å². The number of hydrogen-bond acceptors (Lipinski definition) is 8. The molecule has 1 aliphatic carbocycles. The molecule has 3 aromatic rings. The summed E-state index contributed by atoms with van der Waals surface area (Å²) in [6.07, 6.45) is 1.32. The summed E-state index contributed by atoms with van der Waals surface area (Å²) in [5.41, 5.74) is 2.26. The molecule has 0 fully saturated rings. The molecule has 3 amide bonds. The minimum atomic E-state index is -1.31. The fourth-order valence-electron chi connectivity index (χ4n) is 4.99. The van der Waals surface area contributed by atoms with E-state index in [2.05, 4.69) is 26.3 Å². The Bertz CT molecular complexity index is 1480. The summed E-state index contributed by atoms with van der Waals surface area (Å²) < 4.78 is 5.17. The number of rotatable bonds is 12. The maximum atomic E-state index is 13.7. The lowest BCUT2D eigenvalue weighted by molar-refractivity contribution is -0.137. The molecule has 1 aliphatic rings. The summed E-state index contributed by atoms with van der Waals surface area (Å²) in [5, 5.41) is 28.3. The number of aliphatic carboxylic acids is 1. The first kappa shape index (κ1) is 31.8. The number of hydrogen-bond donors (Lipinski definition) is 6. The highest BCUT2D eigenvalue weighted by molar-refractivity contribution is 6.04. The van der Waals surface area contributed by atoms with Crippen LogP contribution >= 0.6 is 0 Å². The highest BCUT2D eigenvalue weighted by Crippen LogP contribution is 2.29. The van der Waals surface area contributed by atoms with E-state index in [1.165, 1.54) is 0 Å². The van der Waals surface area contributed by atoms with Crippen molar-refractivity contribution in [2.75, 3.05) is 6.54 Å². The SMILES string of the molecule is CC(C)[C@@H](NCC(=O)O)C(=O)NC1(C(=O)NCc2ccc(C(=N)NC(=O)OCc3ccccc3)cc2)Cc2cccnc2C1. The summed E-state index contributed by atoms with van der Waals surface area (Å²) in [6, 6.07) is 18.8. The molecular weight excluding hydrogens is 564 g/mol. The van der Waals surface area contributed by atoms with Crippen LogP contribution < -0.4 is 21.3 Å². The van der Waals surface area contributed by atoms with E-state index in [4.69, 9.17) is 15.3 Å². The Kier molecular flexibility index (Phi) is 10.4. The Labute approximate surface area is 255 Å². The van der Waals surface area contributed by atoms with E-state index in [1.54, 1.807) is 50.4 Å². The maximum absolute atomic E-state index is 13.7. The topological polar surface area (TPSA) is 183 Å². The van der Waals surface area contributed by atoms with Gasteiger partial charge in [0.1, 0.15) is 18.0 Å². The second kappa shape index (κ2) is 14.4. The zero-order valence-electron chi connectivity index (χ0n) is 24.6. The Hall–Kier alpha value is -5.10. The van der Waals surface area contributed by atoms with Gasteiger partial charge in [-0.1, -0.05) is 74.5 Å². The molecule has 44 heavy (non-hydrogen) atoms. The Morgan fingerprint density at radius 3 is 2.36 bits per heavy atom. The Balaban J connectivity index is 1.38. The number of aromatic nitrogens is 1. The number of carbonyl (C=O) groups excluding carboxylic acids is 3. The molecule has 12 heteroatoms. The fourth-order valence-corrected chi connectivity index (χ4v) is 4.99. The smallest absolute Gasteiger partial charge is 0.413 e. The van der Waals surface area contributed by atoms with Gasteiger partial charge in [-0.2, -0.15) is 0 Å². The molecule has 0 aliphatic heterocycles. The highest BCUT2D eigenvalue weighted by atomic mass is 16.5. The summed E-state index contributed by atoms with van der Waals surface area (Å²) in [5.74, 6) is -2.32. The van der Waals surface area contributed by atoms with E-state index in [-0.39, 0.29) is 37.7 Å². The summed E-state index contributed by atoms with van der Waals surface area (Å²) in [7, 11) is 0. The number of alkyl carbamates (subject to hydrolysis) is 1. The van der Waals surface area contributed by atoms with E-state index in [0.717, 1.165) is 16.7 Å². The van der Waals surface area contributed by atoms with Crippen molar-refractivity contribution in [3.63, 3.8) is 0 Å². The first-order valence-corrected chi connectivity index (χ1v) is 14.2. The van der Waals surface area contributed by atoms with Crippen LogP contribution in [0.1, 0.15) is 41.8 Å². The minimum Gasteiger partial charge on any atom is -0.480 e. The molecule has 0 saturated heterocycles. The molecule has 0 radical (unpaired) electrons. The van der Waals surface area contributed by atoms with Crippen LogP contribution in [0.15, 0.2) is 72.9 Å². The Morgan fingerprint density at radius 2 is 1.70 bits per heavy atom. The second-order valence-corrected chi connectivity index (χ2v) is 11.0. The van der Waals surface area contributed by atoms with Crippen molar-refractivity contribution >= 4 is 29.7 Å². The van der Waals surface area contributed by atoms with Gasteiger partial charge in [-0.25, -0.2) is 4.79 Å². The van der Waals surface area contributed by atoms with Crippen LogP contribution in [0.25, 0.3) is 0 Å². The lowest BCUT2D eigenvalue weighted by Gasteiger charge is -2.32. The average Bonchev–Trinajstić information content (AvgIpc) is 3.38. The normalized spacial score (nSPS) is 16.0. The molecule has 6 N–H and O–H groups in total. The molecule has 230 valence electrons. The maximum Gasteiger partial charge on any atom is 0.413 e. The minimum absolute atomic E-state index is 0.0820. The van der Waals surface area contributed by atoms with Crippen LogP contribution in [0, 0.1) is 11.3 Å². The van der Waals surface area contributed by atoms with Crippen molar-refractivity contribution in [2.24, 2.45) is 5.92 Å². The van der Waals surface area contributed by atoms with Gasteiger partial charge in [-0.05, 0) is 28.7 Å². The summed E-state index contributed by atoms with van der Waals surface area (Å²) in [6.45, 7) is 3.42. The molecule has 0 spiro atoms. The average molecular weight is 601 g/mol. The number of carboxylic acid groups (broad SMARTS) is 1. The van der Waals surface area contributed by atoms with Crippen LogP contribution in [-0.2, 0) is 45.1 Å². The molecule has 0 bridgehead atoms. The van der Waals surface area contributed by atoms with Crippen LogP contribution in [0.4, 0.5) is 4.79 Å². The van der Waals surface area contributed by atoms with Crippen molar-refractivity contribution in [2.45, 2.75) is 51.4 Å². The van der Waals surface area contributed by atoms with E-state index < -0.39 is 42.0 Å². The van der Waals surface area contributed by atoms with Gasteiger partial charge in [-0.3, -0.25) is 35.4 Å². The number of fused-ring (bicyclic) bond motifs is 1. The van der Waals surface area contributed by atoms with Crippen LogP contribution in [0.2, 0.25) is 0 Å². The van der Waals surface area contributed by atoms with Crippen molar-refractivity contribution in [1.82, 2.24) is 26.3 Å². The largest absolute Gasteiger partial charge is 0.480 e. The van der Waals surface area contributed by atoms with Gasteiger partial charge in [0.15, 0.2) is 0 Å². The van der Waals surface area contributed by atoms with Gasteiger partial charge in [-0.15, -0.1) is 0 Å². The van der Waals surface area contributed by atoms with Crippen molar-refractivity contribution < 1.29 is 29.0 Å². The number of benzene rings is 2. The molecule has 0 saturated carbocycles. The summed E-state index contributed by atoms with van der Waals surface area (Å²) >= 11 is 0. The van der Waals surface area contributed by atoms with E-state index in [0.29, 0.717) is 11.3 Å². The first-order valence-electron chi connectivity index (χ1n) is 14.2. The number of nitrogens with zero attached hydrogens (tertiary/aromatic N) is 1. The van der Waals surface area contributed by atoms with Crippen LogP contribution in [0.5, 0.6) is 0 Å². The number of ether oxygens (including phenoxy) is 1. The third-order valence-electron chi connectivity index (χ3n) is 7.30. The number of pyridine rings is 1. The number of carboxylic acids is 1. The van der Waals surface area contributed by atoms with Gasteiger partial charge >= 0.3 is 12.1 Å². The third kappa shape index (κ3) is 8.26. The van der Waals surface area contributed by atoms with Gasteiger partial charge in [0.05, 0.1) is 12.6 Å². The molecule has 1 unspecified atom stereocenters. The van der Waals surface area contributed by atoms with Gasteiger partial charge in [0.2, 0.25) is 11.8 Å². The fraction of sp³-hybridized carbons (Fsp3) is 0.312. The Morgan fingerprint density at radius 1 is 0.977 bits per heavy atom. The third-order valence-corrected chi connectivity index (χ3v) is 7.30. The zero-order valence-corrected chi connectivity index (χ0v) is 24.6. The predicted molar refractivity (Wildman–Crippen MR) is 162 cm³/mol. The number of amides is 3. The molecule has 4 rings (SSSR count). The highest BCUT2D eigenvalue weighted by Gasteiger charge is 2.46. The molecular formula is C32H36N6O6. The van der Waals surface area contributed by atoms with Crippen molar-refractivity contribution in [3.8, 4) is 0 Å². The molecule has 2 aromatic carbocycles. The quantitative estimate of drug-likeness (QED) is 0.135. The lowest BCUT2D eigenvalue weighted by Crippen LogP contribution is -2.63. The second-order valence-electron chi connectivity index (χ2n) is 11.0. The van der Waals surface area contributed by atoms with E-state index in [1.807, 2.05) is 36.4 Å². The van der Waals surface area contributed by atoms with Crippen LogP contribution in [-0.4, -0.2) is 57.9 Å². The van der Waals surface area contributed by atoms with E-state index in [9.17, 15) is 19.2 Å². The van der Waals surface area contributed by atoms with Gasteiger partial charge < -0.3 is 20.5 Å². The summed E-state index contributed by atoms with van der Waals surface area (Å²) in [4.78, 5) is 54.7. The monoisotopic (exact) mass is 600 g/mol. The van der Waals surface area contributed by atoms with Crippen molar-refractivity contribution in [3.05, 3.63) is 101 Å². The first-order chi connectivity index (χ1) is 21.1. The lowest BCUT2D eigenvalue weighted by atomic mass is 9.92. The number of nitrogens with one attached hydrogen (secondary N) is 5. The van der Waals surface area contributed by atoms with Crippen LogP contribution in [0.3, 0.4) is 0 Å². The van der Waals surface area contributed by atoms with E-state index >= 15 is 0 Å². The standard InChI is InChI=1S/C32H36N6O6/c1-20(2)27(35-18-26(39)40)29(41)38-32(15-24-9-6-14-34-25(24)16-32)30(42)36-17-21-10-12-23(13-11-21)28(33)37-31(43)44-19-22-7-4-3-5-8-22/h3-14,20,27,35H,15-19H2,1-2H3,(H,36,42)(H,38,41)(H,39,40)(H2,33,37,43)/t27-,32?/m1/s1. The molecule has 12 nitrogen and oxygen atoms in total.